The molecule has 6 rings (SSSR count). The fraction of sp³-hybridized carbons (Fsp3) is 0.515. The SMILES string of the molecule is CCCCC[SiH]=[Hf]([CH3])([CH3])([CH]1C(C)=Cc2c(C3CC3)cccc21)[CH]1C(C)=Cc2c(C3CC3)cccc21. The Balaban J connectivity index is 1.54. The summed E-state index contributed by atoms with van der Waals surface area (Å²) in [4.78, 5) is 0. The van der Waals surface area contributed by atoms with Crippen LogP contribution >= 0.6 is 0 Å². The van der Waals surface area contributed by atoms with Gasteiger partial charge in [0.2, 0.25) is 0 Å². The molecule has 0 aromatic heterocycles. The van der Waals surface area contributed by atoms with Gasteiger partial charge in [0, 0.05) is 0 Å². The van der Waals surface area contributed by atoms with E-state index in [0.29, 0.717) is 6.22 Å². The van der Waals surface area contributed by atoms with E-state index in [1.165, 1.54) is 51.0 Å². The molecule has 0 amide bonds. The van der Waals surface area contributed by atoms with Gasteiger partial charge in [0.25, 0.3) is 0 Å². The monoisotopic (exact) mass is 648 g/mol. The number of allylic oxidation sites excluding steroid dienone is 2. The molecule has 4 aliphatic rings. The van der Waals surface area contributed by atoms with Crippen molar-refractivity contribution in [2.75, 3.05) is 0 Å². The van der Waals surface area contributed by atoms with Crippen LogP contribution in [0.3, 0.4) is 0 Å². The Morgan fingerprint density at radius 2 is 1.17 bits per heavy atom. The zero-order chi connectivity index (χ0) is 24.4. The predicted octanol–water partition coefficient (Wildman–Crippen LogP) is 9.80. The summed E-state index contributed by atoms with van der Waals surface area (Å²) in [7, 11) is 0. The Labute approximate surface area is 215 Å². The summed E-state index contributed by atoms with van der Waals surface area (Å²) in [5.41, 5.74) is 13.5. The fourth-order valence-corrected chi connectivity index (χ4v) is 55.6. The summed E-state index contributed by atoms with van der Waals surface area (Å²) in [6.07, 6.45) is 15.6. The maximum absolute atomic E-state index is 3.56. The fourth-order valence-electron chi connectivity index (χ4n) is 8.43. The van der Waals surface area contributed by atoms with Crippen molar-refractivity contribution in [2.24, 2.45) is 0 Å². The van der Waals surface area contributed by atoms with Crippen LogP contribution in [-0.4, -0.2) is 6.22 Å². The molecule has 184 valence electrons. The molecule has 2 saturated carbocycles. The van der Waals surface area contributed by atoms with E-state index < -0.39 is 17.1 Å². The summed E-state index contributed by atoms with van der Waals surface area (Å²) >= 11 is -3.56. The minimum atomic E-state index is -3.56. The van der Waals surface area contributed by atoms with Crippen molar-refractivity contribution in [1.29, 1.82) is 0 Å². The van der Waals surface area contributed by atoms with Crippen LogP contribution in [0.25, 0.3) is 12.2 Å². The average molecular weight is 647 g/mol. The Morgan fingerprint density at radius 3 is 1.60 bits per heavy atom. The number of unbranched alkanes of at least 4 members (excludes halogenated alkanes) is 2. The number of hydrogen-bond acceptors (Lipinski definition) is 0. The molecule has 0 radical (unpaired) electrons. The van der Waals surface area contributed by atoms with E-state index in [0.717, 1.165) is 19.2 Å². The van der Waals surface area contributed by atoms with E-state index in [1.807, 2.05) is 0 Å². The Hall–Kier alpha value is -0.993. The van der Waals surface area contributed by atoms with Crippen LogP contribution < -0.4 is 0 Å². The molecule has 4 aliphatic carbocycles. The van der Waals surface area contributed by atoms with E-state index in [-0.39, 0.29) is 0 Å². The number of rotatable bonds is 8. The van der Waals surface area contributed by atoms with Gasteiger partial charge in [-0.15, -0.1) is 0 Å². The molecular weight excluding hydrogens is 603 g/mol. The van der Waals surface area contributed by atoms with Gasteiger partial charge in [-0.25, -0.2) is 0 Å². The Bertz CT molecular complexity index is 1220. The first-order valence-corrected chi connectivity index (χ1v) is 33.4. The first-order chi connectivity index (χ1) is 16.8. The standard InChI is InChI=1S/2C13H13.C5H12Si.2CH3.Hf/c2*1-9-7-11-3-2-4-12(10-5-6-10)13(11)8-9;1-2-3-4-5-6;;;/h2*2-4,7-8,10H,5-6H2,1H3;6H,2-5H2,1H3;2*1H3;. The topological polar surface area (TPSA) is 0 Å². The van der Waals surface area contributed by atoms with Gasteiger partial charge in [0.05, 0.1) is 0 Å². The van der Waals surface area contributed by atoms with Crippen molar-refractivity contribution >= 4 is 18.4 Å². The molecule has 0 nitrogen and oxygen atoms in total. The van der Waals surface area contributed by atoms with E-state index in [1.54, 1.807) is 44.5 Å². The molecule has 2 atom stereocenters. The number of benzene rings is 2. The number of fused-ring (bicyclic) bond motifs is 2. The summed E-state index contributed by atoms with van der Waals surface area (Å²) in [5.74, 6) is 1.66. The molecule has 35 heavy (non-hydrogen) atoms. The molecule has 0 heterocycles. The quantitative estimate of drug-likeness (QED) is 0.198. The van der Waals surface area contributed by atoms with Crippen LogP contribution in [0.1, 0.15) is 118 Å². The van der Waals surface area contributed by atoms with Crippen molar-refractivity contribution in [2.45, 2.75) is 100 Å². The van der Waals surface area contributed by atoms with Gasteiger partial charge in [0.1, 0.15) is 0 Å². The molecule has 2 heteroatoms. The molecule has 0 N–H and O–H groups in total. The second-order valence-corrected chi connectivity index (χ2v) is 57.4. The molecule has 0 bridgehead atoms. The molecule has 2 unspecified atom stereocenters. The van der Waals surface area contributed by atoms with Gasteiger partial charge >= 0.3 is 217 Å². The van der Waals surface area contributed by atoms with Gasteiger partial charge in [-0.1, -0.05) is 0 Å². The second kappa shape index (κ2) is 8.79. The minimum absolute atomic E-state index is 0.485. The van der Waals surface area contributed by atoms with Crippen LogP contribution in [-0.2, 0) is 17.1 Å². The summed E-state index contributed by atoms with van der Waals surface area (Å²) in [5, 5.41) is 0. The van der Waals surface area contributed by atoms with E-state index in [2.05, 4.69) is 78.7 Å². The van der Waals surface area contributed by atoms with E-state index in [4.69, 9.17) is 0 Å². The summed E-state index contributed by atoms with van der Waals surface area (Å²) in [6.45, 7) is 7.37. The van der Waals surface area contributed by atoms with E-state index in [9.17, 15) is 0 Å². The molecule has 0 spiro atoms. The molecule has 0 saturated heterocycles. The molecule has 2 fully saturated rings. The maximum atomic E-state index is 2.93. The van der Waals surface area contributed by atoms with Gasteiger partial charge in [-0.2, -0.15) is 0 Å². The van der Waals surface area contributed by atoms with Crippen LogP contribution in [0.5, 0.6) is 0 Å². The van der Waals surface area contributed by atoms with Crippen molar-refractivity contribution in [1.82, 2.24) is 0 Å². The average Bonchev–Trinajstić information content (AvgIpc) is 3.74. The number of hydrogen-bond donors (Lipinski definition) is 0. The third-order valence-electron chi connectivity index (χ3n) is 10.1. The third-order valence-corrected chi connectivity index (χ3v) is 53.1. The zero-order valence-electron chi connectivity index (χ0n) is 22.7. The normalized spacial score (nSPS) is 23.6. The third kappa shape index (κ3) is 4.01. The molecular formula is C33H44HfSi. The first kappa shape index (κ1) is 24.3. The first-order valence-electron chi connectivity index (χ1n) is 14.5. The van der Waals surface area contributed by atoms with Gasteiger partial charge in [-0.05, 0) is 0 Å². The van der Waals surface area contributed by atoms with Crippen molar-refractivity contribution in [3.05, 3.63) is 80.9 Å². The van der Waals surface area contributed by atoms with Gasteiger partial charge < -0.3 is 0 Å². The van der Waals surface area contributed by atoms with E-state index >= 15 is 0 Å². The summed E-state index contributed by atoms with van der Waals surface area (Å²) < 4.78 is 7.31. The van der Waals surface area contributed by atoms with Gasteiger partial charge in [-0.3, -0.25) is 0 Å². The van der Waals surface area contributed by atoms with Crippen LogP contribution in [0.2, 0.25) is 15.4 Å². The van der Waals surface area contributed by atoms with Crippen LogP contribution in [0.15, 0.2) is 47.5 Å². The second-order valence-electron chi connectivity index (χ2n) is 13.3. The van der Waals surface area contributed by atoms with Crippen molar-refractivity contribution in [3.8, 4) is 0 Å². The van der Waals surface area contributed by atoms with Crippen molar-refractivity contribution in [3.63, 3.8) is 0 Å². The molecule has 2 aromatic carbocycles. The molecule has 2 aromatic rings. The Morgan fingerprint density at radius 1 is 0.714 bits per heavy atom. The van der Waals surface area contributed by atoms with Crippen LogP contribution in [0, 0.1) is 0 Å². The molecule has 0 aliphatic heterocycles. The van der Waals surface area contributed by atoms with Crippen molar-refractivity contribution < 1.29 is 17.1 Å². The van der Waals surface area contributed by atoms with Gasteiger partial charge in [0.15, 0.2) is 0 Å². The zero-order valence-corrected chi connectivity index (χ0v) is 27.4. The van der Waals surface area contributed by atoms with Crippen LogP contribution in [0.4, 0.5) is 0 Å². The summed E-state index contributed by atoms with van der Waals surface area (Å²) in [6, 6.07) is 16.3. The Kier molecular flexibility index (Phi) is 6.12. The predicted molar refractivity (Wildman–Crippen MR) is 153 cm³/mol.